The maximum atomic E-state index is 12.5. The van der Waals surface area contributed by atoms with Crippen LogP contribution in [-0.2, 0) is 11.2 Å². The van der Waals surface area contributed by atoms with Gasteiger partial charge in [-0.15, -0.1) is 0 Å². The monoisotopic (exact) mass is 357 g/mol. The van der Waals surface area contributed by atoms with Gasteiger partial charge in [-0.1, -0.05) is 18.2 Å². The Hall–Kier alpha value is -2.34. The van der Waals surface area contributed by atoms with E-state index in [0.29, 0.717) is 32.4 Å². The van der Waals surface area contributed by atoms with Crippen molar-refractivity contribution in [1.82, 2.24) is 15.1 Å². The van der Waals surface area contributed by atoms with Crippen LogP contribution in [0.5, 0.6) is 5.75 Å². The number of ether oxygens (including phenoxy) is 1. The summed E-state index contributed by atoms with van der Waals surface area (Å²) in [5.74, 6) is 0.841. The zero-order chi connectivity index (χ0) is 18.7. The number of rotatable bonds is 6. The lowest BCUT2D eigenvalue weighted by Gasteiger charge is -2.24. The van der Waals surface area contributed by atoms with E-state index in [9.17, 15) is 9.90 Å². The molecule has 26 heavy (non-hydrogen) atoms. The molecule has 1 aliphatic rings. The molecule has 2 N–H and O–H groups in total. The molecule has 1 fully saturated rings. The molecule has 1 aromatic carbocycles. The van der Waals surface area contributed by atoms with Gasteiger partial charge >= 0.3 is 0 Å². The maximum Gasteiger partial charge on any atom is 0.223 e. The first-order chi connectivity index (χ1) is 12.4. The van der Waals surface area contributed by atoms with Gasteiger partial charge in [0.25, 0.3) is 0 Å². The number of nitrogens with zero attached hydrogens (tertiary/aromatic N) is 2. The second-order valence-corrected chi connectivity index (χ2v) is 7.26. The molecule has 1 aliphatic heterocycles. The number of likely N-dealkylation sites (tertiary alicyclic amines) is 1. The molecule has 1 unspecified atom stereocenters. The van der Waals surface area contributed by atoms with Crippen molar-refractivity contribution in [3.05, 3.63) is 46.8 Å². The van der Waals surface area contributed by atoms with Gasteiger partial charge in [0.2, 0.25) is 5.91 Å². The van der Waals surface area contributed by atoms with Crippen LogP contribution in [0.2, 0.25) is 0 Å². The summed E-state index contributed by atoms with van der Waals surface area (Å²) in [7, 11) is 0. The molecule has 1 aromatic heterocycles. The number of aliphatic hydroxyl groups is 1. The largest absolute Gasteiger partial charge is 0.490 e. The van der Waals surface area contributed by atoms with Gasteiger partial charge in [0.15, 0.2) is 0 Å². The summed E-state index contributed by atoms with van der Waals surface area (Å²) in [5, 5.41) is 17.9. The van der Waals surface area contributed by atoms with Crippen molar-refractivity contribution in [2.75, 3.05) is 19.7 Å². The van der Waals surface area contributed by atoms with Crippen LogP contribution in [0.4, 0.5) is 0 Å². The summed E-state index contributed by atoms with van der Waals surface area (Å²) in [4.78, 5) is 14.3. The quantitative estimate of drug-likeness (QED) is 0.832. The van der Waals surface area contributed by atoms with Crippen LogP contribution in [-0.4, -0.2) is 51.4 Å². The molecule has 0 radical (unpaired) electrons. The molecule has 0 saturated carbocycles. The van der Waals surface area contributed by atoms with Gasteiger partial charge in [0, 0.05) is 18.7 Å². The van der Waals surface area contributed by atoms with Gasteiger partial charge < -0.3 is 14.7 Å². The van der Waals surface area contributed by atoms with E-state index in [1.165, 1.54) is 0 Å². The summed E-state index contributed by atoms with van der Waals surface area (Å²) in [6, 6.07) is 7.74. The molecule has 2 aromatic rings. The van der Waals surface area contributed by atoms with Crippen molar-refractivity contribution in [3.8, 4) is 5.75 Å². The normalized spacial score (nSPS) is 19.8. The minimum atomic E-state index is -0.987. The lowest BCUT2D eigenvalue weighted by atomic mass is 10.1. The van der Waals surface area contributed by atoms with E-state index >= 15 is 0 Å². The van der Waals surface area contributed by atoms with Crippen LogP contribution < -0.4 is 4.74 Å². The molecule has 3 rings (SSSR count). The third-order valence-electron chi connectivity index (χ3n) is 5.14. The van der Waals surface area contributed by atoms with Crippen LogP contribution in [0.1, 0.15) is 35.4 Å². The number of nitrogens with one attached hydrogen (secondary N) is 1. The fourth-order valence-corrected chi connectivity index (χ4v) is 3.45. The Morgan fingerprint density at radius 2 is 2.12 bits per heavy atom. The fraction of sp³-hybridized carbons (Fsp3) is 0.500. The molecule has 2 heterocycles. The second kappa shape index (κ2) is 7.50. The number of amides is 1. The van der Waals surface area contributed by atoms with Crippen LogP contribution in [0.15, 0.2) is 24.3 Å². The molecule has 1 amide bonds. The summed E-state index contributed by atoms with van der Waals surface area (Å²) in [6.07, 6.45) is 1.63. The van der Waals surface area contributed by atoms with Gasteiger partial charge in [0.1, 0.15) is 18.0 Å². The van der Waals surface area contributed by atoms with E-state index in [2.05, 4.69) is 10.2 Å². The standard InChI is InChI=1S/C20H27N3O3/c1-14-6-4-5-7-18(14)26-13-20(25)10-11-23(12-20)19(24)9-8-17-15(2)21-22-16(17)3/h4-7,25H,8-13H2,1-3H3,(H,21,22). The summed E-state index contributed by atoms with van der Waals surface area (Å²) in [6.45, 7) is 6.97. The third-order valence-corrected chi connectivity index (χ3v) is 5.14. The lowest BCUT2D eigenvalue weighted by molar-refractivity contribution is -0.131. The number of carbonyl (C=O) groups is 1. The topological polar surface area (TPSA) is 78.5 Å². The zero-order valence-electron chi connectivity index (χ0n) is 15.7. The molecule has 6 nitrogen and oxygen atoms in total. The van der Waals surface area contributed by atoms with E-state index in [-0.39, 0.29) is 12.5 Å². The first kappa shape index (κ1) is 18.5. The van der Waals surface area contributed by atoms with Gasteiger partial charge in [-0.05, 0) is 50.8 Å². The van der Waals surface area contributed by atoms with Crippen molar-refractivity contribution >= 4 is 5.91 Å². The molecule has 0 spiro atoms. The van der Waals surface area contributed by atoms with Crippen molar-refractivity contribution in [1.29, 1.82) is 0 Å². The molecule has 0 bridgehead atoms. The number of hydrogen-bond acceptors (Lipinski definition) is 4. The van der Waals surface area contributed by atoms with E-state index in [4.69, 9.17) is 4.74 Å². The number of para-hydroxylation sites is 1. The smallest absolute Gasteiger partial charge is 0.223 e. The predicted octanol–water partition coefficient (Wildman–Crippen LogP) is 2.31. The van der Waals surface area contributed by atoms with Crippen LogP contribution in [0.3, 0.4) is 0 Å². The van der Waals surface area contributed by atoms with Crippen molar-refractivity contribution in [3.63, 3.8) is 0 Å². The number of aryl methyl sites for hydroxylation is 3. The average molecular weight is 357 g/mol. The molecule has 1 atom stereocenters. The Bertz CT molecular complexity index is 767. The molecular formula is C20H27N3O3. The Labute approximate surface area is 154 Å². The van der Waals surface area contributed by atoms with Crippen molar-refractivity contribution in [2.45, 2.75) is 45.6 Å². The summed E-state index contributed by atoms with van der Waals surface area (Å²) < 4.78 is 5.80. The van der Waals surface area contributed by atoms with Gasteiger partial charge in [-0.2, -0.15) is 5.10 Å². The Kier molecular flexibility index (Phi) is 5.32. The number of aromatic amines is 1. The fourth-order valence-electron chi connectivity index (χ4n) is 3.45. The number of aromatic nitrogens is 2. The molecule has 6 heteroatoms. The number of H-pyrrole nitrogens is 1. The number of benzene rings is 1. The highest BCUT2D eigenvalue weighted by Gasteiger charge is 2.38. The van der Waals surface area contributed by atoms with E-state index in [1.54, 1.807) is 4.90 Å². The molecule has 140 valence electrons. The Morgan fingerprint density at radius 3 is 2.81 bits per heavy atom. The second-order valence-electron chi connectivity index (χ2n) is 7.26. The highest BCUT2D eigenvalue weighted by atomic mass is 16.5. The maximum absolute atomic E-state index is 12.5. The van der Waals surface area contributed by atoms with Gasteiger partial charge in [-0.3, -0.25) is 9.89 Å². The van der Waals surface area contributed by atoms with Crippen molar-refractivity contribution < 1.29 is 14.6 Å². The molecule has 0 aliphatic carbocycles. The minimum absolute atomic E-state index is 0.0665. The van der Waals surface area contributed by atoms with E-state index in [0.717, 1.165) is 28.3 Å². The number of carbonyl (C=O) groups excluding carboxylic acids is 1. The molecule has 1 saturated heterocycles. The van der Waals surface area contributed by atoms with Crippen LogP contribution >= 0.6 is 0 Å². The van der Waals surface area contributed by atoms with E-state index in [1.807, 2.05) is 45.0 Å². The van der Waals surface area contributed by atoms with Gasteiger partial charge in [-0.25, -0.2) is 0 Å². The first-order valence-corrected chi connectivity index (χ1v) is 9.07. The Balaban J connectivity index is 1.52. The zero-order valence-corrected chi connectivity index (χ0v) is 15.7. The number of hydrogen-bond donors (Lipinski definition) is 2. The highest BCUT2D eigenvalue weighted by Crippen LogP contribution is 2.25. The Morgan fingerprint density at radius 1 is 1.35 bits per heavy atom. The van der Waals surface area contributed by atoms with Crippen LogP contribution in [0.25, 0.3) is 0 Å². The first-order valence-electron chi connectivity index (χ1n) is 9.07. The van der Waals surface area contributed by atoms with Crippen LogP contribution in [0, 0.1) is 20.8 Å². The lowest BCUT2D eigenvalue weighted by Crippen LogP contribution is -2.40. The minimum Gasteiger partial charge on any atom is -0.490 e. The SMILES string of the molecule is Cc1ccccc1OCC1(O)CCN(C(=O)CCc2c(C)n[nH]c2C)C1. The molecular weight excluding hydrogens is 330 g/mol. The average Bonchev–Trinajstić information content (AvgIpc) is 3.16. The number of β-amino-alcohol motifs (C(OH)–C–C–N with tert-alkyl or cyclic N) is 1. The van der Waals surface area contributed by atoms with Gasteiger partial charge in [0.05, 0.1) is 12.2 Å². The van der Waals surface area contributed by atoms with Crippen molar-refractivity contribution in [2.24, 2.45) is 0 Å². The highest BCUT2D eigenvalue weighted by molar-refractivity contribution is 5.77. The van der Waals surface area contributed by atoms with E-state index < -0.39 is 5.60 Å². The predicted molar refractivity (Wildman–Crippen MR) is 99.2 cm³/mol. The summed E-state index contributed by atoms with van der Waals surface area (Å²) >= 11 is 0. The third kappa shape index (κ3) is 4.07. The summed E-state index contributed by atoms with van der Waals surface area (Å²) in [5.41, 5.74) is 3.11.